The molecule has 0 bridgehead atoms. The predicted octanol–water partition coefficient (Wildman–Crippen LogP) is 1.41. The zero-order valence-corrected chi connectivity index (χ0v) is 14.5. The molecule has 1 atom stereocenters. The number of halogens is 3. The Labute approximate surface area is 156 Å². The largest absolute Gasteiger partial charge is 0.490 e. The zero-order chi connectivity index (χ0) is 20.3. The Morgan fingerprint density at radius 2 is 2.04 bits per heavy atom. The van der Waals surface area contributed by atoms with Gasteiger partial charge in [0.1, 0.15) is 5.69 Å². The number of aliphatic carboxylic acids is 1. The molecule has 28 heavy (non-hydrogen) atoms. The maximum atomic E-state index is 10.6. The van der Waals surface area contributed by atoms with E-state index in [4.69, 9.17) is 29.8 Å². The number of alkyl halides is 3. The minimum absolute atomic E-state index is 0.264. The summed E-state index contributed by atoms with van der Waals surface area (Å²) in [4.78, 5) is 8.90. The molecule has 2 aliphatic heterocycles. The van der Waals surface area contributed by atoms with Gasteiger partial charge in [-0.15, -0.1) is 5.10 Å². The van der Waals surface area contributed by atoms with E-state index in [1.165, 1.54) is 0 Å². The lowest BCUT2D eigenvalue weighted by atomic mass is 10.1. The highest BCUT2D eigenvalue weighted by atomic mass is 19.4. The fraction of sp³-hybridized carbons (Fsp3) is 0.438. The normalized spacial score (nSPS) is 17.9. The molecule has 2 aliphatic rings. The second-order valence-electron chi connectivity index (χ2n) is 6.05. The van der Waals surface area contributed by atoms with Crippen LogP contribution >= 0.6 is 0 Å². The molecule has 1 unspecified atom stereocenters. The Hall–Kier alpha value is -2.86. The second-order valence-corrected chi connectivity index (χ2v) is 6.05. The number of nitrogens with zero attached hydrogens (tertiary/aromatic N) is 3. The van der Waals surface area contributed by atoms with Gasteiger partial charge in [-0.2, -0.15) is 13.2 Å². The lowest BCUT2D eigenvalue weighted by Crippen LogP contribution is -2.23. The topological polar surface area (TPSA) is 122 Å². The average Bonchev–Trinajstić information content (AvgIpc) is 3.22. The summed E-state index contributed by atoms with van der Waals surface area (Å²) in [5.41, 5.74) is 8.49. The van der Waals surface area contributed by atoms with E-state index < -0.39 is 12.1 Å². The molecule has 0 saturated heterocycles. The highest BCUT2D eigenvalue weighted by Gasteiger charge is 2.38. The smallest absolute Gasteiger partial charge is 0.475 e. The molecule has 0 saturated carbocycles. The third-order valence-electron chi connectivity index (χ3n) is 4.08. The molecular formula is C16H17F3N4O5. The number of rotatable bonds is 2. The maximum absolute atomic E-state index is 10.6. The van der Waals surface area contributed by atoms with Crippen molar-refractivity contribution in [1.29, 1.82) is 0 Å². The number of ether oxygens (including phenoxy) is 3. The number of carbonyl (C=O) groups is 1. The fourth-order valence-electron chi connectivity index (χ4n) is 2.65. The van der Waals surface area contributed by atoms with Crippen LogP contribution in [0.15, 0.2) is 18.2 Å². The first-order valence-corrected chi connectivity index (χ1v) is 8.20. The van der Waals surface area contributed by atoms with Gasteiger partial charge in [0, 0.05) is 18.0 Å². The van der Waals surface area contributed by atoms with Crippen molar-refractivity contribution in [1.82, 2.24) is 15.0 Å². The molecule has 0 amide bonds. The van der Waals surface area contributed by atoms with Crippen LogP contribution in [0.2, 0.25) is 0 Å². The van der Waals surface area contributed by atoms with Gasteiger partial charge >= 0.3 is 12.1 Å². The van der Waals surface area contributed by atoms with Crippen LogP contribution < -0.4 is 15.2 Å². The Morgan fingerprint density at radius 3 is 2.71 bits per heavy atom. The molecule has 0 radical (unpaired) electrons. The molecule has 12 heteroatoms. The predicted molar refractivity (Wildman–Crippen MR) is 87.5 cm³/mol. The molecule has 3 heterocycles. The molecular weight excluding hydrogens is 385 g/mol. The van der Waals surface area contributed by atoms with Crippen LogP contribution in [0.3, 0.4) is 0 Å². The molecule has 1 aromatic heterocycles. The Bertz CT molecular complexity index is 855. The first kappa shape index (κ1) is 19.9. The summed E-state index contributed by atoms with van der Waals surface area (Å²) in [6.45, 7) is 2.73. The van der Waals surface area contributed by atoms with E-state index in [0.717, 1.165) is 35.0 Å². The fourth-order valence-corrected chi connectivity index (χ4v) is 2.65. The number of hydrogen-bond donors (Lipinski definition) is 2. The van der Waals surface area contributed by atoms with Gasteiger partial charge in [0.25, 0.3) is 0 Å². The van der Waals surface area contributed by atoms with Gasteiger partial charge in [0.2, 0.25) is 6.79 Å². The van der Waals surface area contributed by atoms with Crippen LogP contribution in [0.4, 0.5) is 13.2 Å². The van der Waals surface area contributed by atoms with Crippen LogP contribution in [-0.4, -0.2) is 52.2 Å². The SMILES string of the molecule is NCC1COCc2c(-c3ccc4c(c3)OCO4)nnn2C1.O=C(O)C(F)(F)F. The van der Waals surface area contributed by atoms with Gasteiger partial charge in [0.15, 0.2) is 11.5 Å². The van der Waals surface area contributed by atoms with E-state index >= 15 is 0 Å². The summed E-state index contributed by atoms with van der Waals surface area (Å²) in [5, 5.41) is 15.7. The van der Waals surface area contributed by atoms with Gasteiger partial charge in [-0.25, -0.2) is 9.48 Å². The average molecular weight is 402 g/mol. The summed E-state index contributed by atoms with van der Waals surface area (Å²) in [6, 6.07) is 5.78. The highest BCUT2D eigenvalue weighted by Crippen LogP contribution is 2.36. The number of aromatic nitrogens is 3. The highest BCUT2D eigenvalue weighted by molar-refractivity contribution is 5.73. The summed E-state index contributed by atoms with van der Waals surface area (Å²) < 4.78 is 50.1. The van der Waals surface area contributed by atoms with E-state index in [2.05, 4.69) is 10.3 Å². The summed E-state index contributed by atoms with van der Waals surface area (Å²) in [6.07, 6.45) is -5.08. The zero-order valence-electron chi connectivity index (χ0n) is 14.5. The van der Waals surface area contributed by atoms with Crippen molar-refractivity contribution in [2.24, 2.45) is 11.7 Å². The van der Waals surface area contributed by atoms with Crippen LogP contribution in [0.1, 0.15) is 5.69 Å². The molecule has 0 fully saturated rings. The lowest BCUT2D eigenvalue weighted by molar-refractivity contribution is -0.192. The van der Waals surface area contributed by atoms with Gasteiger partial charge < -0.3 is 25.1 Å². The van der Waals surface area contributed by atoms with Crippen LogP contribution in [0.5, 0.6) is 11.5 Å². The van der Waals surface area contributed by atoms with E-state index in [-0.39, 0.29) is 12.7 Å². The number of hydrogen-bond acceptors (Lipinski definition) is 7. The molecule has 2 aromatic rings. The maximum Gasteiger partial charge on any atom is 0.490 e. The van der Waals surface area contributed by atoms with E-state index in [0.29, 0.717) is 19.8 Å². The van der Waals surface area contributed by atoms with Crippen molar-refractivity contribution in [2.75, 3.05) is 19.9 Å². The molecule has 0 aliphatic carbocycles. The first-order chi connectivity index (χ1) is 13.3. The van der Waals surface area contributed by atoms with Crippen molar-refractivity contribution in [3.8, 4) is 22.8 Å². The molecule has 3 N–H and O–H groups in total. The Morgan fingerprint density at radius 1 is 1.32 bits per heavy atom. The standard InChI is InChI=1S/C14H16N4O3.C2HF3O2/c15-4-9-5-18-11(7-19-6-9)14(16-17-18)10-1-2-12-13(3-10)21-8-20-12;3-2(4,5)1(6)7/h1-3,9H,4-8,15H2;(H,6,7). The van der Waals surface area contributed by atoms with Gasteiger partial charge in [-0.3, -0.25) is 0 Å². The Balaban J connectivity index is 0.000000279. The quantitative estimate of drug-likeness (QED) is 0.773. The summed E-state index contributed by atoms with van der Waals surface area (Å²) >= 11 is 0. The third kappa shape index (κ3) is 4.34. The van der Waals surface area contributed by atoms with Crippen molar-refractivity contribution >= 4 is 5.97 Å². The molecule has 152 valence electrons. The van der Waals surface area contributed by atoms with Crippen molar-refractivity contribution in [2.45, 2.75) is 19.3 Å². The summed E-state index contributed by atoms with van der Waals surface area (Å²) in [7, 11) is 0. The minimum atomic E-state index is -5.08. The first-order valence-electron chi connectivity index (χ1n) is 8.20. The van der Waals surface area contributed by atoms with E-state index in [9.17, 15) is 13.2 Å². The molecule has 9 nitrogen and oxygen atoms in total. The Kier molecular flexibility index (Phi) is 5.70. The van der Waals surface area contributed by atoms with Gasteiger partial charge in [-0.1, -0.05) is 5.21 Å². The number of benzene rings is 1. The van der Waals surface area contributed by atoms with E-state index in [1.807, 2.05) is 22.9 Å². The van der Waals surface area contributed by atoms with Gasteiger partial charge in [-0.05, 0) is 24.7 Å². The number of nitrogens with two attached hydrogens (primary N) is 1. The van der Waals surface area contributed by atoms with Crippen molar-refractivity contribution in [3.05, 3.63) is 23.9 Å². The van der Waals surface area contributed by atoms with Crippen LogP contribution in [0, 0.1) is 5.92 Å². The van der Waals surface area contributed by atoms with Crippen molar-refractivity contribution < 1.29 is 37.3 Å². The molecule has 1 aromatic carbocycles. The van der Waals surface area contributed by atoms with Gasteiger partial charge in [0.05, 0.1) is 18.9 Å². The molecule has 0 spiro atoms. The minimum Gasteiger partial charge on any atom is -0.475 e. The van der Waals surface area contributed by atoms with Crippen molar-refractivity contribution in [3.63, 3.8) is 0 Å². The number of fused-ring (bicyclic) bond motifs is 2. The number of carboxylic acids is 1. The third-order valence-corrected chi connectivity index (χ3v) is 4.08. The van der Waals surface area contributed by atoms with Crippen LogP contribution in [0.25, 0.3) is 11.3 Å². The molecule has 4 rings (SSSR count). The number of carboxylic acid groups (broad SMARTS) is 1. The second kappa shape index (κ2) is 8.02. The monoisotopic (exact) mass is 402 g/mol. The van der Waals surface area contributed by atoms with E-state index in [1.54, 1.807) is 0 Å². The lowest BCUT2D eigenvalue weighted by Gasteiger charge is -2.09. The summed E-state index contributed by atoms with van der Waals surface area (Å²) in [5.74, 6) is -0.981. The van der Waals surface area contributed by atoms with Crippen LogP contribution in [-0.2, 0) is 22.7 Å².